The molecule has 1 aromatic carbocycles. The van der Waals surface area contributed by atoms with E-state index in [9.17, 15) is 4.79 Å². The van der Waals surface area contributed by atoms with Gasteiger partial charge < -0.3 is 14.7 Å². The Labute approximate surface area is 148 Å². The third-order valence-corrected chi connectivity index (χ3v) is 5.26. The number of aromatic nitrogens is 1. The largest absolute Gasteiger partial charge is 0.368 e. The predicted octanol–water partition coefficient (Wildman–Crippen LogP) is 2.42. The molecule has 25 heavy (non-hydrogen) atoms. The van der Waals surface area contributed by atoms with Crippen LogP contribution in [-0.4, -0.2) is 55.1 Å². The second kappa shape index (κ2) is 6.48. The van der Waals surface area contributed by atoms with Crippen LogP contribution in [0.4, 0.5) is 11.4 Å². The lowest BCUT2D eigenvalue weighted by atomic mass is 10.1. The number of carbonyl (C=O) groups excluding carboxylic acids is 1. The Kier molecular flexibility index (Phi) is 4.17. The molecular weight excluding hydrogens is 312 g/mol. The molecule has 0 N–H and O–H groups in total. The van der Waals surface area contributed by atoms with Crippen LogP contribution in [0.15, 0.2) is 42.6 Å². The maximum Gasteiger partial charge on any atom is 0.277 e. The first kappa shape index (κ1) is 16.1. The van der Waals surface area contributed by atoms with Crippen molar-refractivity contribution in [3.8, 4) is 0 Å². The van der Waals surface area contributed by atoms with Crippen LogP contribution in [0, 0.1) is 0 Å². The molecule has 5 heteroatoms. The Morgan fingerprint density at radius 2 is 1.84 bits per heavy atom. The quantitative estimate of drug-likeness (QED) is 0.844. The highest BCUT2D eigenvalue weighted by Gasteiger charge is 2.31. The third-order valence-electron chi connectivity index (χ3n) is 5.26. The lowest BCUT2D eigenvalue weighted by Gasteiger charge is -2.33. The number of rotatable bonds is 2. The molecule has 1 atom stereocenters. The smallest absolute Gasteiger partial charge is 0.277 e. The molecule has 1 unspecified atom stereocenters. The molecule has 2 aromatic rings. The molecule has 1 saturated heterocycles. The molecule has 0 saturated carbocycles. The standard InChI is InChI=1S/C20H24N4O/c1-15-13-16-5-3-4-6-19(16)24(15)20(25)18-8-7-17(14-21-18)23-11-9-22(2)10-12-23/h3-8,14-15H,9-13H2,1-2H3. The molecule has 2 aliphatic rings. The molecular formula is C20H24N4O. The molecule has 0 aliphatic carbocycles. The number of para-hydroxylation sites is 1. The Morgan fingerprint density at radius 3 is 2.56 bits per heavy atom. The zero-order chi connectivity index (χ0) is 17.4. The monoisotopic (exact) mass is 336 g/mol. The van der Waals surface area contributed by atoms with Crippen LogP contribution in [0.2, 0.25) is 0 Å². The first-order valence-corrected chi connectivity index (χ1v) is 8.94. The van der Waals surface area contributed by atoms with Gasteiger partial charge in [-0.25, -0.2) is 4.98 Å². The molecule has 1 fully saturated rings. The number of amides is 1. The molecule has 1 amide bonds. The fourth-order valence-corrected chi connectivity index (χ4v) is 3.76. The molecule has 5 nitrogen and oxygen atoms in total. The number of carbonyl (C=O) groups is 1. The van der Waals surface area contributed by atoms with Gasteiger partial charge in [0, 0.05) is 37.9 Å². The number of anilines is 2. The molecule has 3 heterocycles. The number of nitrogens with zero attached hydrogens (tertiary/aromatic N) is 4. The molecule has 1 aromatic heterocycles. The van der Waals surface area contributed by atoms with Gasteiger partial charge in [-0.05, 0) is 44.2 Å². The van der Waals surface area contributed by atoms with Crippen LogP contribution in [-0.2, 0) is 6.42 Å². The van der Waals surface area contributed by atoms with Gasteiger partial charge >= 0.3 is 0 Å². The highest BCUT2D eigenvalue weighted by molar-refractivity contribution is 6.06. The number of piperazine rings is 1. The lowest BCUT2D eigenvalue weighted by molar-refractivity contribution is 0.0976. The van der Waals surface area contributed by atoms with Crippen molar-refractivity contribution in [3.05, 3.63) is 53.9 Å². The maximum atomic E-state index is 13.0. The van der Waals surface area contributed by atoms with Gasteiger partial charge in [0.1, 0.15) is 5.69 Å². The molecule has 0 radical (unpaired) electrons. The average molecular weight is 336 g/mol. The van der Waals surface area contributed by atoms with Gasteiger partial charge in [-0.2, -0.15) is 0 Å². The van der Waals surface area contributed by atoms with Gasteiger partial charge in [-0.3, -0.25) is 4.79 Å². The topological polar surface area (TPSA) is 39.7 Å². The Morgan fingerprint density at radius 1 is 1.08 bits per heavy atom. The first-order chi connectivity index (χ1) is 12.1. The fourth-order valence-electron chi connectivity index (χ4n) is 3.76. The van der Waals surface area contributed by atoms with Crippen LogP contribution in [0.25, 0.3) is 0 Å². The van der Waals surface area contributed by atoms with Crippen LogP contribution in [0.5, 0.6) is 0 Å². The van der Waals surface area contributed by atoms with Gasteiger partial charge in [0.2, 0.25) is 0 Å². The zero-order valence-corrected chi connectivity index (χ0v) is 14.9. The van der Waals surface area contributed by atoms with Crippen molar-refractivity contribution in [2.24, 2.45) is 0 Å². The number of likely N-dealkylation sites (N-methyl/N-ethyl adjacent to an activating group) is 1. The van der Waals surface area contributed by atoms with Crippen molar-refractivity contribution in [1.29, 1.82) is 0 Å². The van der Waals surface area contributed by atoms with Gasteiger partial charge in [0.15, 0.2) is 0 Å². The van der Waals surface area contributed by atoms with Crippen LogP contribution in [0.3, 0.4) is 0 Å². The fraction of sp³-hybridized carbons (Fsp3) is 0.400. The van der Waals surface area contributed by atoms with E-state index in [0.29, 0.717) is 5.69 Å². The minimum absolute atomic E-state index is 0.0117. The number of benzene rings is 1. The van der Waals surface area contributed by atoms with Crippen molar-refractivity contribution in [2.45, 2.75) is 19.4 Å². The minimum atomic E-state index is -0.0117. The average Bonchev–Trinajstić information content (AvgIpc) is 2.97. The normalized spacial score (nSPS) is 20.6. The van der Waals surface area contributed by atoms with Gasteiger partial charge in [-0.1, -0.05) is 18.2 Å². The number of hydrogen-bond acceptors (Lipinski definition) is 4. The second-order valence-electron chi connectivity index (χ2n) is 7.05. The van der Waals surface area contributed by atoms with Gasteiger partial charge in [-0.15, -0.1) is 0 Å². The van der Waals surface area contributed by atoms with Crippen LogP contribution < -0.4 is 9.80 Å². The van der Waals surface area contributed by atoms with E-state index in [2.05, 4.69) is 34.8 Å². The molecule has 4 rings (SSSR count). The minimum Gasteiger partial charge on any atom is -0.368 e. The lowest BCUT2D eigenvalue weighted by Crippen LogP contribution is -2.44. The SMILES string of the molecule is CC1Cc2ccccc2N1C(=O)c1ccc(N2CCN(C)CC2)cn1. The van der Waals surface area contributed by atoms with E-state index in [0.717, 1.165) is 44.0 Å². The van der Waals surface area contributed by atoms with Crippen molar-refractivity contribution < 1.29 is 4.79 Å². The van der Waals surface area contributed by atoms with Crippen molar-refractivity contribution in [1.82, 2.24) is 9.88 Å². The summed E-state index contributed by atoms with van der Waals surface area (Å²) in [6.45, 7) is 6.21. The summed E-state index contributed by atoms with van der Waals surface area (Å²) in [6, 6.07) is 12.2. The second-order valence-corrected chi connectivity index (χ2v) is 7.05. The summed E-state index contributed by atoms with van der Waals surface area (Å²) in [6.07, 6.45) is 2.74. The highest BCUT2D eigenvalue weighted by atomic mass is 16.2. The van der Waals surface area contributed by atoms with E-state index < -0.39 is 0 Å². The van der Waals surface area contributed by atoms with E-state index in [1.807, 2.05) is 41.4 Å². The highest BCUT2D eigenvalue weighted by Crippen LogP contribution is 2.32. The number of fused-ring (bicyclic) bond motifs is 1. The zero-order valence-electron chi connectivity index (χ0n) is 14.9. The van der Waals surface area contributed by atoms with Crippen molar-refractivity contribution >= 4 is 17.3 Å². The Hall–Kier alpha value is -2.40. The van der Waals surface area contributed by atoms with E-state index in [-0.39, 0.29) is 11.9 Å². The summed E-state index contributed by atoms with van der Waals surface area (Å²) >= 11 is 0. The molecule has 130 valence electrons. The first-order valence-electron chi connectivity index (χ1n) is 8.94. The maximum absolute atomic E-state index is 13.0. The Balaban J connectivity index is 1.53. The molecule has 2 aliphatic heterocycles. The number of pyridine rings is 1. The van der Waals surface area contributed by atoms with E-state index in [4.69, 9.17) is 0 Å². The predicted molar refractivity (Wildman–Crippen MR) is 100 cm³/mol. The summed E-state index contributed by atoms with van der Waals surface area (Å²) in [4.78, 5) is 24.0. The summed E-state index contributed by atoms with van der Waals surface area (Å²) in [5, 5.41) is 0. The summed E-state index contributed by atoms with van der Waals surface area (Å²) in [5.74, 6) is -0.0117. The van der Waals surface area contributed by atoms with Crippen LogP contribution in [0.1, 0.15) is 23.0 Å². The van der Waals surface area contributed by atoms with E-state index in [1.165, 1.54) is 5.56 Å². The van der Waals surface area contributed by atoms with Gasteiger partial charge in [0.05, 0.1) is 11.9 Å². The summed E-state index contributed by atoms with van der Waals surface area (Å²) in [7, 11) is 2.15. The third kappa shape index (κ3) is 3.00. The van der Waals surface area contributed by atoms with E-state index in [1.54, 1.807) is 0 Å². The molecule has 0 bridgehead atoms. The summed E-state index contributed by atoms with van der Waals surface area (Å²) in [5.41, 5.74) is 3.86. The van der Waals surface area contributed by atoms with Gasteiger partial charge in [0.25, 0.3) is 5.91 Å². The van der Waals surface area contributed by atoms with Crippen molar-refractivity contribution in [2.75, 3.05) is 43.0 Å². The van der Waals surface area contributed by atoms with Crippen molar-refractivity contribution in [3.63, 3.8) is 0 Å². The summed E-state index contributed by atoms with van der Waals surface area (Å²) < 4.78 is 0. The number of hydrogen-bond donors (Lipinski definition) is 0. The molecule has 0 spiro atoms. The van der Waals surface area contributed by atoms with E-state index >= 15 is 0 Å². The Bertz CT molecular complexity index is 766. The van der Waals surface area contributed by atoms with Crippen LogP contribution >= 0.6 is 0 Å².